The average molecular weight is 296 g/mol. The average Bonchev–Trinajstić information content (AvgIpc) is 3.27. The van der Waals surface area contributed by atoms with E-state index < -0.39 is 5.82 Å². The van der Waals surface area contributed by atoms with Crippen LogP contribution >= 0.6 is 0 Å². The van der Waals surface area contributed by atoms with Crippen LogP contribution < -0.4 is 15.8 Å². The maximum absolute atomic E-state index is 13.7. The standard InChI is InChI=1S/C16H25FN2O2/c1-2-7-21-16-10-15(14(18)9-13(16)17)19-6-3-8-20-11-12-4-5-12/h9-10,12,19H,2-8,11,18H2,1H3. The van der Waals surface area contributed by atoms with E-state index in [-0.39, 0.29) is 5.75 Å². The van der Waals surface area contributed by atoms with E-state index in [0.29, 0.717) is 18.0 Å². The molecule has 0 radical (unpaired) electrons. The summed E-state index contributed by atoms with van der Waals surface area (Å²) in [5, 5.41) is 3.21. The molecule has 5 heteroatoms. The van der Waals surface area contributed by atoms with E-state index in [9.17, 15) is 4.39 Å². The van der Waals surface area contributed by atoms with E-state index in [1.165, 1.54) is 18.9 Å². The quantitative estimate of drug-likeness (QED) is 0.513. The molecule has 0 aliphatic heterocycles. The molecule has 1 aromatic rings. The molecule has 4 nitrogen and oxygen atoms in total. The van der Waals surface area contributed by atoms with E-state index in [1.54, 1.807) is 6.07 Å². The van der Waals surface area contributed by atoms with Crippen LogP contribution in [0.25, 0.3) is 0 Å². The predicted octanol–water partition coefficient (Wildman–Crippen LogP) is 3.43. The van der Waals surface area contributed by atoms with Crippen LogP contribution in [0, 0.1) is 11.7 Å². The van der Waals surface area contributed by atoms with Gasteiger partial charge in [0.2, 0.25) is 0 Å². The Balaban J connectivity index is 1.74. The number of benzene rings is 1. The fourth-order valence-corrected chi connectivity index (χ4v) is 1.98. The van der Waals surface area contributed by atoms with Gasteiger partial charge >= 0.3 is 0 Å². The summed E-state index contributed by atoms with van der Waals surface area (Å²) in [7, 11) is 0. The van der Waals surface area contributed by atoms with Gasteiger partial charge in [0.1, 0.15) is 0 Å². The zero-order valence-corrected chi connectivity index (χ0v) is 12.7. The van der Waals surface area contributed by atoms with Crippen LogP contribution in [-0.4, -0.2) is 26.4 Å². The molecule has 1 saturated carbocycles. The van der Waals surface area contributed by atoms with Gasteiger partial charge in [0.05, 0.1) is 18.0 Å². The molecule has 21 heavy (non-hydrogen) atoms. The van der Waals surface area contributed by atoms with Crippen LogP contribution in [0.4, 0.5) is 15.8 Å². The summed E-state index contributed by atoms with van der Waals surface area (Å²) in [5.41, 5.74) is 6.93. The van der Waals surface area contributed by atoms with Crippen LogP contribution in [0.15, 0.2) is 12.1 Å². The number of hydrogen-bond donors (Lipinski definition) is 2. The van der Waals surface area contributed by atoms with Crippen LogP contribution in [0.1, 0.15) is 32.6 Å². The maximum atomic E-state index is 13.7. The summed E-state index contributed by atoms with van der Waals surface area (Å²) in [6, 6.07) is 2.93. The Morgan fingerprint density at radius 1 is 1.33 bits per heavy atom. The van der Waals surface area contributed by atoms with Crippen LogP contribution in [0.2, 0.25) is 0 Å². The summed E-state index contributed by atoms with van der Waals surface area (Å²) >= 11 is 0. The first kappa shape index (κ1) is 15.9. The second-order valence-electron chi connectivity index (χ2n) is 5.52. The Bertz CT molecular complexity index is 450. The Morgan fingerprint density at radius 3 is 2.86 bits per heavy atom. The summed E-state index contributed by atoms with van der Waals surface area (Å²) < 4.78 is 24.6. The van der Waals surface area contributed by atoms with E-state index in [1.807, 2.05) is 6.92 Å². The molecule has 0 unspecified atom stereocenters. The van der Waals surface area contributed by atoms with Crippen molar-refractivity contribution in [1.82, 2.24) is 0 Å². The molecule has 1 aromatic carbocycles. The highest BCUT2D eigenvalue weighted by Crippen LogP contribution is 2.29. The molecule has 0 bridgehead atoms. The van der Waals surface area contributed by atoms with Crippen molar-refractivity contribution in [3.63, 3.8) is 0 Å². The lowest BCUT2D eigenvalue weighted by molar-refractivity contribution is 0.124. The molecule has 118 valence electrons. The number of nitrogen functional groups attached to an aromatic ring is 1. The largest absolute Gasteiger partial charge is 0.490 e. The van der Waals surface area contributed by atoms with Crippen LogP contribution in [0.5, 0.6) is 5.75 Å². The highest BCUT2D eigenvalue weighted by atomic mass is 19.1. The van der Waals surface area contributed by atoms with Crippen molar-refractivity contribution in [3.05, 3.63) is 17.9 Å². The van der Waals surface area contributed by atoms with Crippen molar-refractivity contribution in [1.29, 1.82) is 0 Å². The minimum absolute atomic E-state index is 0.249. The van der Waals surface area contributed by atoms with Crippen molar-refractivity contribution >= 4 is 11.4 Å². The molecule has 0 amide bonds. The van der Waals surface area contributed by atoms with Crippen molar-refractivity contribution in [3.8, 4) is 5.75 Å². The first-order valence-electron chi connectivity index (χ1n) is 7.74. The van der Waals surface area contributed by atoms with Crippen molar-refractivity contribution in [2.75, 3.05) is 37.4 Å². The smallest absolute Gasteiger partial charge is 0.167 e. The molecule has 0 saturated heterocycles. The Morgan fingerprint density at radius 2 is 2.14 bits per heavy atom. The SMILES string of the molecule is CCCOc1cc(NCCCOCC2CC2)c(N)cc1F. The normalized spacial score (nSPS) is 14.2. The monoisotopic (exact) mass is 296 g/mol. The van der Waals surface area contributed by atoms with Crippen LogP contribution in [-0.2, 0) is 4.74 Å². The van der Waals surface area contributed by atoms with Crippen molar-refractivity contribution < 1.29 is 13.9 Å². The Hall–Kier alpha value is -1.49. The number of hydrogen-bond acceptors (Lipinski definition) is 4. The van der Waals surface area contributed by atoms with Gasteiger partial charge in [-0.2, -0.15) is 0 Å². The van der Waals surface area contributed by atoms with Gasteiger partial charge in [-0.15, -0.1) is 0 Å². The summed E-state index contributed by atoms with van der Waals surface area (Å²) in [6.45, 7) is 4.84. The highest BCUT2D eigenvalue weighted by Gasteiger charge is 2.20. The van der Waals surface area contributed by atoms with E-state index in [0.717, 1.165) is 38.5 Å². The van der Waals surface area contributed by atoms with E-state index in [2.05, 4.69) is 5.32 Å². The van der Waals surface area contributed by atoms with Crippen molar-refractivity contribution in [2.45, 2.75) is 32.6 Å². The topological polar surface area (TPSA) is 56.5 Å². The molecule has 1 aliphatic rings. The number of halogens is 1. The third kappa shape index (κ3) is 5.42. The predicted molar refractivity (Wildman–Crippen MR) is 83.2 cm³/mol. The number of rotatable bonds is 10. The Labute approximate surface area is 125 Å². The lowest BCUT2D eigenvalue weighted by Crippen LogP contribution is -2.09. The fraction of sp³-hybridized carbons (Fsp3) is 0.625. The van der Waals surface area contributed by atoms with Gasteiger partial charge in [-0.05, 0) is 31.6 Å². The highest BCUT2D eigenvalue weighted by molar-refractivity contribution is 5.68. The number of ether oxygens (including phenoxy) is 2. The van der Waals surface area contributed by atoms with Crippen LogP contribution in [0.3, 0.4) is 0 Å². The summed E-state index contributed by atoms with van der Waals surface area (Å²) in [6.07, 6.45) is 4.36. The molecule has 0 aromatic heterocycles. The molecule has 2 rings (SSSR count). The minimum Gasteiger partial charge on any atom is -0.490 e. The molecular formula is C16H25FN2O2. The minimum atomic E-state index is -0.417. The zero-order chi connectivity index (χ0) is 15.1. The zero-order valence-electron chi connectivity index (χ0n) is 12.7. The molecule has 0 spiro atoms. The number of nitrogens with one attached hydrogen (secondary N) is 1. The third-order valence-electron chi connectivity index (χ3n) is 3.40. The maximum Gasteiger partial charge on any atom is 0.167 e. The van der Waals surface area contributed by atoms with Gasteiger partial charge in [0.15, 0.2) is 11.6 Å². The molecule has 0 atom stereocenters. The summed E-state index contributed by atoms with van der Waals surface area (Å²) in [4.78, 5) is 0. The van der Waals surface area contributed by atoms with Gasteiger partial charge in [0, 0.05) is 31.9 Å². The lowest BCUT2D eigenvalue weighted by atomic mass is 10.2. The van der Waals surface area contributed by atoms with Gasteiger partial charge < -0.3 is 20.5 Å². The van der Waals surface area contributed by atoms with Gasteiger partial charge in [0.25, 0.3) is 0 Å². The molecule has 1 aliphatic carbocycles. The molecule has 0 heterocycles. The van der Waals surface area contributed by atoms with E-state index >= 15 is 0 Å². The van der Waals surface area contributed by atoms with E-state index in [4.69, 9.17) is 15.2 Å². The third-order valence-corrected chi connectivity index (χ3v) is 3.40. The Kier molecular flexibility index (Phi) is 6.11. The molecular weight excluding hydrogens is 271 g/mol. The molecule has 1 fully saturated rings. The lowest BCUT2D eigenvalue weighted by Gasteiger charge is -2.13. The first-order valence-corrected chi connectivity index (χ1v) is 7.74. The fourth-order valence-electron chi connectivity index (χ4n) is 1.98. The summed E-state index contributed by atoms with van der Waals surface area (Å²) in [5.74, 6) is 0.627. The molecule has 3 N–H and O–H groups in total. The second-order valence-corrected chi connectivity index (χ2v) is 5.52. The van der Waals surface area contributed by atoms with Gasteiger partial charge in [-0.1, -0.05) is 6.92 Å². The number of anilines is 2. The first-order chi connectivity index (χ1) is 10.2. The van der Waals surface area contributed by atoms with Gasteiger partial charge in [-0.3, -0.25) is 0 Å². The van der Waals surface area contributed by atoms with Crippen molar-refractivity contribution in [2.24, 2.45) is 5.92 Å². The number of nitrogens with two attached hydrogens (primary N) is 1. The second kappa shape index (κ2) is 8.08. The van der Waals surface area contributed by atoms with Gasteiger partial charge in [-0.25, -0.2) is 4.39 Å².